The average Bonchev–Trinajstić information content (AvgIpc) is 3.34. The molecule has 1 fully saturated rings. The van der Waals surface area contributed by atoms with Crippen molar-refractivity contribution in [3.8, 4) is 5.75 Å². The molecule has 0 unspecified atom stereocenters. The summed E-state index contributed by atoms with van der Waals surface area (Å²) in [5, 5.41) is 3.05. The topological polar surface area (TPSA) is 56.2 Å². The van der Waals surface area contributed by atoms with Crippen molar-refractivity contribution in [2.75, 3.05) is 11.9 Å². The number of anilines is 1. The SMILES string of the molecule is [2H]C([2H])([2H])n1c(=O)c2c(c3cc(Cl)cnc31)N[C@@H](C1CC1)C(F)(F)CO2. The molecule has 5 nitrogen and oxygen atoms in total. The third-order valence-corrected chi connectivity index (χ3v) is 4.40. The Labute approximate surface area is 139 Å². The van der Waals surface area contributed by atoms with E-state index in [0.717, 1.165) is 0 Å². The van der Waals surface area contributed by atoms with Crippen LogP contribution in [0, 0.1) is 5.92 Å². The van der Waals surface area contributed by atoms with E-state index in [1.807, 2.05) is 0 Å². The summed E-state index contributed by atoms with van der Waals surface area (Å²) in [5.41, 5.74) is -1.20. The fourth-order valence-corrected chi connectivity index (χ4v) is 3.07. The van der Waals surface area contributed by atoms with Crippen molar-refractivity contribution in [2.45, 2.75) is 24.8 Å². The van der Waals surface area contributed by atoms with Gasteiger partial charge in [-0.15, -0.1) is 0 Å². The number of hydrogen-bond acceptors (Lipinski definition) is 4. The maximum absolute atomic E-state index is 14.5. The van der Waals surface area contributed by atoms with Gasteiger partial charge in [0.1, 0.15) is 5.65 Å². The quantitative estimate of drug-likeness (QED) is 0.864. The van der Waals surface area contributed by atoms with Gasteiger partial charge in [0, 0.05) is 22.7 Å². The third kappa shape index (κ3) is 2.25. The van der Waals surface area contributed by atoms with Crippen LogP contribution in [0.25, 0.3) is 11.0 Å². The molecular weight excluding hydrogens is 328 g/mol. The highest BCUT2D eigenvalue weighted by Crippen LogP contribution is 2.45. The van der Waals surface area contributed by atoms with Gasteiger partial charge in [-0.05, 0) is 24.8 Å². The second-order valence-corrected chi connectivity index (χ2v) is 6.31. The molecule has 122 valence electrons. The molecule has 0 amide bonds. The van der Waals surface area contributed by atoms with Gasteiger partial charge >= 0.3 is 5.92 Å². The van der Waals surface area contributed by atoms with Crippen LogP contribution >= 0.6 is 11.6 Å². The molecule has 23 heavy (non-hydrogen) atoms. The summed E-state index contributed by atoms with van der Waals surface area (Å²) >= 11 is 5.97. The summed E-state index contributed by atoms with van der Waals surface area (Å²) in [7, 11) is 0. The van der Waals surface area contributed by atoms with Crippen molar-refractivity contribution < 1.29 is 17.6 Å². The van der Waals surface area contributed by atoms with Crippen molar-refractivity contribution in [2.24, 2.45) is 12.9 Å². The molecule has 2 aromatic heterocycles. The number of ether oxygens (including phenoxy) is 1. The van der Waals surface area contributed by atoms with E-state index in [1.54, 1.807) is 0 Å². The highest BCUT2D eigenvalue weighted by molar-refractivity contribution is 6.31. The highest BCUT2D eigenvalue weighted by atomic mass is 35.5. The molecule has 1 N–H and O–H groups in total. The van der Waals surface area contributed by atoms with E-state index in [0.29, 0.717) is 17.4 Å². The number of fused-ring (bicyclic) bond motifs is 3. The molecule has 4 rings (SSSR count). The number of halogens is 3. The van der Waals surface area contributed by atoms with Gasteiger partial charge in [-0.25, -0.2) is 13.8 Å². The van der Waals surface area contributed by atoms with Gasteiger partial charge in [0.05, 0.1) is 16.8 Å². The Bertz CT molecular complexity index is 960. The summed E-state index contributed by atoms with van der Waals surface area (Å²) in [4.78, 5) is 16.7. The molecule has 1 saturated carbocycles. The van der Waals surface area contributed by atoms with Gasteiger partial charge < -0.3 is 10.1 Å². The van der Waals surface area contributed by atoms with E-state index in [-0.39, 0.29) is 27.7 Å². The number of nitrogens with one attached hydrogen (secondary N) is 1. The third-order valence-electron chi connectivity index (χ3n) is 4.20. The van der Waals surface area contributed by atoms with Crippen LogP contribution in [0.4, 0.5) is 14.5 Å². The Morgan fingerprint density at radius 2 is 2.35 bits per heavy atom. The number of rotatable bonds is 1. The molecule has 0 saturated heterocycles. The summed E-state index contributed by atoms with van der Waals surface area (Å²) in [6, 6.07) is 0.169. The van der Waals surface area contributed by atoms with Crippen molar-refractivity contribution in [3.63, 3.8) is 0 Å². The lowest BCUT2D eigenvalue weighted by Crippen LogP contribution is -2.44. The Hall–Kier alpha value is -1.89. The normalized spacial score (nSPS) is 25.3. The fourth-order valence-electron chi connectivity index (χ4n) is 2.91. The lowest BCUT2D eigenvalue weighted by Gasteiger charge is -2.25. The molecule has 0 bridgehead atoms. The van der Waals surface area contributed by atoms with E-state index < -0.39 is 36.9 Å². The number of hydrogen-bond donors (Lipinski definition) is 1. The van der Waals surface area contributed by atoms with Gasteiger partial charge in [0.2, 0.25) is 5.75 Å². The van der Waals surface area contributed by atoms with Gasteiger partial charge in [0.15, 0.2) is 6.61 Å². The Morgan fingerprint density at radius 3 is 3.04 bits per heavy atom. The largest absolute Gasteiger partial charge is 0.480 e. The molecule has 1 aliphatic carbocycles. The molecule has 1 aliphatic heterocycles. The van der Waals surface area contributed by atoms with E-state index in [9.17, 15) is 13.6 Å². The average molecular weight is 345 g/mol. The molecule has 0 aromatic carbocycles. The number of alkyl halides is 2. The predicted octanol–water partition coefficient (Wildman–Crippen LogP) is 2.81. The van der Waals surface area contributed by atoms with E-state index in [2.05, 4.69) is 10.3 Å². The van der Waals surface area contributed by atoms with E-state index in [1.165, 1.54) is 12.3 Å². The van der Waals surface area contributed by atoms with Crippen LogP contribution < -0.4 is 15.6 Å². The molecule has 0 radical (unpaired) electrons. The number of aromatic nitrogens is 2. The molecule has 2 aromatic rings. The minimum absolute atomic E-state index is 0.00887. The fraction of sp³-hybridized carbons (Fsp3) is 0.467. The molecule has 2 aliphatic rings. The van der Waals surface area contributed by atoms with Crippen LogP contribution in [-0.4, -0.2) is 28.1 Å². The summed E-state index contributed by atoms with van der Waals surface area (Å²) in [6.07, 6.45) is 2.49. The molecular formula is C15H14ClF2N3O2. The maximum atomic E-state index is 14.5. The van der Waals surface area contributed by atoms with Gasteiger partial charge in [-0.1, -0.05) is 11.6 Å². The molecule has 3 heterocycles. The maximum Gasteiger partial charge on any atom is 0.301 e. The lowest BCUT2D eigenvalue weighted by atomic mass is 10.1. The number of nitrogens with zero attached hydrogens (tertiary/aromatic N) is 2. The molecule has 0 spiro atoms. The standard InChI is InChI=1S/C15H14ClF2N3O2/c1-21-13-9(4-8(16)5-19-13)10-11(14(21)22)23-6-15(17,18)12(20-10)7-2-3-7/h4-5,7,12,20H,2-3,6H2,1H3/t12-/m0/s1/i1D3. The summed E-state index contributed by atoms with van der Waals surface area (Å²) in [5.74, 6) is -3.91. The lowest BCUT2D eigenvalue weighted by molar-refractivity contribution is -0.0579. The van der Waals surface area contributed by atoms with E-state index in [4.69, 9.17) is 20.5 Å². The zero-order valence-electron chi connectivity index (χ0n) is 14.8. The van der Waals surface area contributed by atoms with Gasteiger partial charge in [-0.2, -0.15) is 0 Å². The molecule has 8 heteroatoms. The first-order valence-electron chi connectivity index (χ1n) is 8.61. The van der Waals surface area contributed by atoms with Gasteiger partial charge in [0.25, 0.3) is 5.56 Å². The Kier molecular flexibility index (Phi) is 2.42. The van der Waals surface area contributed by atoms with Gasteiger partial charge in [-0.3, -0.25) is 9.36 Å². The minimum Gasteiger partial charge on any atom is -0.480 e. The number of aryl methyl sites for hydroxylation is 1. The van der Waals surface area contributed by atoms with Crippen LogP contribution in [-0.2, 0) is 6.98 Å². The highest BCUT2D eigenvalue weighted by Gasteiger charge is 2.51. The van der Waals surface area contributed by atoms with Crippen LogP contribution in [0.15, 0.2) is 17.1 Å². The first-order valence-corrected chi connectivity index (χ1v) is 7.49. The first kappa shape index (κ1) is 11.6. The molecule has 1 atom stereocenters. The smallest absolute Gasteiger partial charge is 0.301 e. The van der Waals surface area contributed by atoms with Crippen molar-refractivity contribution in [3.05, 3.63) is 27.6 Å². The van der Waals surface area contributed by atoms with E-state index >= 15 is 0 Å². The zero-order chi connectivity index (χ0) is 18.9. The van der Waals surface area contributed by atoms with Crippen molar-refractivity contribution in [1.82, 2.24) is 9.55 Å². The van der Waals surface area contributed by atoms with Crippen LogP contribution in [0.5, 0.6) is 5.75 Å². The zero-order valence-corrected chi connectivity index (χ0v) is 12.5. The minimum atomic E-state index is -3.21. The van der Waals surface area contributed by atoms with Crippen molar-refractivity contribution in [1.29, 1.82) is 0 Å². The Morgan fingerprint density at radius 1 is 1.57 bits per heavy atom. The Balaban J connectivity index is 2.03. The van der Waals surface area contributed by atoms with Crippen LogP contribution in [0.1, 0.15) is 17.0 Å². The number of pyridine rings is 2. The summed E-state index contributed by atoms with van der Waals surface area (Å²) < 4.78 is 57.4. The predicted molar refractivity (Wildman–Crippen MR) is 82.6 cm³/mol. The monoisotopic (exact) mass is 344 g/mol. The second kappa shape index (κ2) is 4.80. The van der Waals surface area contributed by atoms with Crippen molar-refractivity contribution >= 4 is 28.3 Å². The van der Waals surface area contributed by atoms with Crippen LogP contribution in [0.2, 0.25) is 5.02 Å². The summed E-state index contributed by atoms with van der Waals surface area (Å²) in [6.45, 7) is -3.87. The first-order chi connectivity index (χ1) is 12.1. The van der Waals surface area contributed by atoms with Crippen LogP contribution in [0.3, 0.4) is 0 Å². The second-order valence-electron chi connectivity index (χ2n) is 5.88.